The van der Waals surface area contributed by atoms with Gasteiger partial charge in [-0.25, -0.2) is 9.78 Å². The predicted molar refractivity (Wildman–Crippen MR) is 95.9 cm³/mol. The first-order valence-corrected chi connectivity index (χ1v) is 9.05. The molecule has 8 heteroatoms. The van der Waals surface area contributed by atoms with Crippen molar-refractivity contribution in [2.75, 3.05) is 18.4 Å². The smallest absolute Gasteiger partial charge is 0.408 e. The molecule has 0 saturated heterocycles. The molecule has 3 aromatic rings. The van der Waals surface area contributed by atoms with E-state index >= 15 is 0 Å². The van der Waals surface area contributed by atoms with Crippen molar-refractivity contribution >= 4 is 33.5 Å². The fraction of sp³-hybridized carbons (Fsp3) is 0.353. The molecule has 0 spiro atoms. The lowest BCUT2D eigenvalue weighted by Gasteiger charge is -2.23. The van der Waals surface area contributed by atoms with Crippen LogP contribution in [0.5, 0.6) is 0 Å². The maximum Gasteiger partial charge on any atom is 0.420 e. The number of nitrogens with one attached hydrogen (secondary N) is 1. The van der Waals surface area contributed by atoms with Gasteiger partial charge in [0.1, 0.15) is 6.54 Å². The SMILES string of the molecule is CCN1CCc2nc(NC(=O)Cn3c(=O)oc4ccccc43)sc2C1. The number of nitrogens with zero attached hydrogens (tertiary/aromatic N) is 3. The Morgan fingerprint density at radius 3 is 3.08 bits per heavy atom. The summed E-state index contributed by atoms with van der Waals surface area (Å²) in [5, 5.41) is 3.40. The number of rotatable bonds is 4. The quantitative estimate of drug-likeness (QED) is 0.772. The molecule has 2 aromatic heterocycles. The van der Waals surface area contributed by atoms with Gasteiger partial charge in [0.25, 0.3) is 0 Å². The number of likely N-dealkylation sites (N-methyl/N-ethyl adjacent to an activating group) is 1. The number of hydrogen-bond acceptors (Lipinski definition) is 6. The molecule has 4 rings (SSSR count). The Balaban J connectivity index is 1.50. The Bertz CT molecular complexity index is 987. The number of carbonyl (C=O) groups is 1. The third-order valence-corrected chi connectivity index (χ3v) is 5.38. The van der Waals surface area contributed by atoms with Crippen LogP contribution in [0.4, 0.5) is 5.13 Å². The van der Waals surface area contributed by atoms with Crippen LogP contribution >= 0.6 is 11.3 Å². The van der Waals surface area contributed by atoms with Gasteiger partial charge in [-0.1, -0.05) is 19.1 Å². The Morgan fingerprint density at radius 1 is 1.40 bits per heavy atom. The average Bonchev–Trinajstić information content (AvgIpc) is 3.14. The standard InChI is InChI=1S/C17H18N4O3S/c1-2-20-8-7-11-14(9-20)25-16(18-11)19-15(22)10-21-12-5-3-4-6-13(12)24-17(21)23/h3-6H,2,7-10H2,1H3,(H,18,19,22). The molecule has 3 heterocycles. The van der Waals surface area contributed by atoms with Crippen molar-refractivity contribution in [3.8, 4) is 0 Å². The number of amides is 1. The van der Waals surface area contributed by atoms with Gasteiger partial charge in [0.15, 0.2) is 10.7 Å². The molecule has 7 nitrogen and oxygen atoms in total. The highest BCUT2D eigenvalue weighted by molar-refractivity contribution is 7.15. The molecule has 1 aromatic carbocycles. The van der Waals surface area contributed by atoms with Crippen LogP contribution in [0, 0.1) is 0 Å². The van der Waals surface area contributed by atoms with Gasteiger partial charge in [0.2, 0.25) is 5.91 Å². The second-order valence-corrected chi connectivity index (χ2v) is 7.06. The molecule has 1 aliphatic rings. The molecule has 0 bridgehead atoms. The van der Waals surface area contributed by atoms with Gasteiger partial charge in [-0.2, -0.15) is 0 Å². The summed E-state index contributed by atoms with van der Waals surface area (Å²) in [6, 6.07) is 7.06. The van der Waals surface area contributed by atoms with Crippen LogP contribution in [-0.2, 0) is 24.3 Å². The highest BCUT2D eigenvalue weighted by atomic mass is 32.1. The first kappa shape index (κ1) is 16.0. The van der Waals surface area contributed by atoms with Crippen molar-refractivity contribution in [1.82, 2.24) is 14.5 Å². The van der Waals surface area contributed by atoms with E-state index in [-0.39, 0.29) is 12.5 Å². The second kappa shape index (κ2) is 6.45. The van der Waals surface area contributed by atoms with Gasteiger partial charge in [-0.05, 0) is 18.7 Å². The van der Waals surface area contributed by atoms with E-state index in [0.29, 0.717) is 16.2 Å². The molecule has 25 heavy (non-hydrogen) atoms. The predicted octanol–water partition coefficient (Wildman–Crippen LogP) is 2.07. The van der Waals surface area contributed by atoms with Crippen molar-refractivity contribution in [2.24, 2.45) is 0 Å². The molecular weight excluding hydrogens is 340 g/mol. The van der Waals surface area contributed by atoms with Crippen LogP contribution < -0.4 is 11.1 Å². The van der Waals surface area contributed by atoms with Gasteiger partial charge in [-0.15, -0.1) is 11.3 Å². The fourth-order valence-corrected chi connectivity index (χ4v) is 4.10. The van der Waals surface area contributed by atoms with Gasteiger partial charge in [0, 0.05) is 24.4 Å². The number of thiazole rings is 1. The van der Waals surface area contributed by atoms with Crippen molar-refractivity contribution < 1.29 is 9.21 Å². The van der Waals surface area contributed by atoms with Crippen LogP contribution in [-0.4, -0.2) is 33.4 Å². The Labute approximate surface area is 147 Å². The first-order chi connectivity index (χ1) is 12.1. The van der Waals surface area contributed by atoms with Gasteiger partial charge in [0.05, 0.1) is 11.2 Å². The molecule has 0 fully saturated rings. The molecule has 0 atom stereocenters. The number of anilines is 1. The molecular formula is C17H18N4O3S. The number of carbonyl (C=O) groups excluding carboxylic acids is 1. The van der Waals surface area contributed by atoms with E-state index < -0.39 is 5.76 Å². The molecule has 0 unspecified atom stereocenters. The molecule has 0 radical (unpaired) electrons. The van der Waals surface area contributed by atoms with Crippen LogP contribution in [0.1, 0.15) is 17.5 Å². The van der Waals surface area contributed by atoms with Gasteiger partial charge >= 0.3 is 5.76 Å². The zero-order valence-corrected chi connectivity index (χ0v) is 14.6. The van der Waals surface area contributed by atoms with E-state index in [1.807, 2.05) is 0 Å². The minimum atomic E-state index is -0.534. The monoisotopic (exact) mass is 358 g/mol. The lowest BCUT2D eigenvalue weighted by molar-refractivity contribution is -0.116. The zero-order valence-electron chi connectivity index (χ0n) is 13.8. The summed E-state index contributed by atoms with van der Waals surface area (Å²) in [5.41, 5.74) is 2.15. The molecule has 0 saturated carbocycles. The summed E-state index contributed by atoms with van der Waals surface area (Å²) in [7, 11) is 0. The topological polar surface area (TPSA) is 80.4 Å². The van der Waals surface area contributed by atoms with Crippen LogP contribution in [0.2, 0.25) is 0 Å². The summed E-state index contributed by atoms with van der Waals surface area (Å²) in [6.07, 6.45) is 0.904. The normalized spacial score (nSPS) is 14.6. The maximum absolute atomic E-state index is 12.4. The van der Waals surface area contributed by atoms with E-state index in [4.69, 9.17) is 4.42 Å². The average molecular weight is 358 g/mol. The summed E-state index contributed by atoms with van der Waals surface area (Å²) in [5.74, 6) is -0.819. The summed E-state index contributed by atoms with van der Waals surface area (Å²) >= 11 is 1.51. The second-order valence-electron chi connectivity index (χ2n) is 5.98. The third kappa shape index (κ3) is 3.10. The Morgan fingerprint density at radius 2 is 2.24 bits per heavy atom. The molecule has 1 amide bonds. The largest absolute Gasteiger partial charge is 0.420 e. The van der Waals surface area contributed by atoms with E-state index in [1.54, 1.807) is 24.3 Å². The fourth-order valence-electron chi connectivity index (χ4n) is 3.04. The highest BCUT2D eigenvalue weighted by Crippen LogP contribution is 2.28. The van der Waals surface area contributed by atoms with Crippen molar-refractivity contribution in [2.45, 2.75) is 26.4 Å². The third-order valence-electron chi connectivity index (χ3n) is 4.38. The van der Waals surface area contributed by atoms with E-state index in [1.165, 1.54) is 20.8 Å². The van der Waals surface area contributed by atoms with Crippen molar-refractivity contribution in [3.63, 3.8) is 0 Å². The molecule has 130 valence electrons. The number of para-hydroxylation sites is 2. The minimum Gasteiger partial charge on any atom is -0.408 e. The number of aromatic nitrogens is 2. The number of hydrogen-bond donors (Lipinski definition) is 1. The van der Waals surface area contributed by atoms with Crippen LogP contribution in [0.15, 0.2) is 33.5 Å². The van der Waals surface area contributed by atoms with E-state index in [2.05, 4.69) is 22.1 Å². The van der Waals surface area contributed by atoms with E-state index in [9.17, 15) is 9.59 Å². The number of benzene rings is 1. The summed E-state index contributed by atoms with van der Waals surface area (Å²) < 4.78 is 6.48. The lowest BCUT2D eigenvalue weighted by Crippen LogP contribution is -2.29. The minimum absolute atomic E-state index is 0.0961. The van der Waals surface area contributed by atoms with Crippen molar-refractivity contribution in [3.05, 3.63) is 45.4 Å². The number of oxazole rings is 1. The highest BCUT2D eigenvalue weighted by Gasteiger charge is 2.21. The summed E-state index contributed by atoms with van der Waals surface area (Å²) in [6.45, 7) is 4.93. The van der Waals surface area contributed by atoms with E-state index in [0.717, 1.165) is 31.7 Å². The molecule has 1 N–H and O–H groups in total. The molecule has 1 aliphatic heterocycles. The van der Waals surface area contributed by atoms with Crippen LogP contribution in [0.3, 0.4) is 0 Å². The zero-order chi connectivity index (χ0) is 17.4. The Hall–Kier alpha value is -2.45. The van der Waals surface area contributed by atoms with Gasteiger partial charge < -0.3 is 9.73 Å². The first-order valence-electron chi connectivity index (χ1n) is 8.23. The lowest BCUT2D eigenvalue weighted by atomic mass is 10.2. The van der Waals surface area contributed by atoms with Gasteiger partial charge in [-0.3, -0.25) is 14.3 Å². The Kier molecular flexibility index (Phi) is 4.14. The van der Waals surface area contributed by atoms with Crippen molar-refractivity contribution in [1.29, 1.82) is 0 Å². The van der Waals surface area contributed by atoms with Crippen LogP contribution in [0.25, 0.3) is 11.1 Å². The summed E-state index contributed by atoms with van der Waals surface area (Å²) in [4.78, 5) is 32.4. The maximum atomic E-state index is 12.4. The molecule has 0 aliphatic carbocycles. The number of fused-ring (bicyclic) bond motifs is 2.